The van der Waals surface area contributed by atoms with Crippen LogP contribution >= 0.6 is 0 Å². The minimum absolute atomic E-state index is 0.124. The fourth-order valence-electron chi connectivity index (χ4n) is 3.03. The van der Waals surface area contributed by atoms with E-state index in [1.165, 1.54) is 24.6 Å². The van der Waals surface area contributed by atoms with Crippen molar-refractivity contribution in [1.29, 1.82) is 0 Å². The van der Waals surface area contributed by atoms with Crippen LogP contribution in [0.5, 0.6) is 0 Å². The Balaban J connectivity index is 4.78. The molecule has 0 aliphatic rings. The van der Waals surface area contributed by atoms with Crippen molar-refractivity contribution in [2.45, 2.75) is 71.3 Å². The van der Waals surface area contributed by atoms with Gasteiger partial charge in [-0.3, -0.25) is 0 Å². The summed E-state index contributed by atoms with van der Waals surface area (Å²) in [5, 5.41) is 0.124. The predicted molar refractivity (Wildman–Crippen MR) is 69.2 cm³/mol. The Morgan fingerprint density at radius 2 is 1.43 bits per heavy atom. The van der Waals surface area contributed by atoms with Gasteiger partial charge < -0.3 is 5.73 Å². The van der Waals surface area contributed by atoms with Crippen LogP contribution in [0.4, 0.5) is 0 Å². The van der Waals surface area contributed by atoms with Gasteiger partial charge in [0.15, 0.2) is 0 Å². The van der Waals surface area contributed by atoms with Crippen LogP contribution in [0.1, 0.15) is 48.0 Å². The van der Waals surface area contributed by atoms with Gasteiger partial charge in [-0.1, -0.05) is 52.8 Å². The molecule has 0 amide bonds. The maximum Gasteiger partial charge on any atom is 0.0751 e. The standard InChI is InChI=1S/C12H29NSi/c1-7-14(8-2,9-3)12(6,13)10-11(4)5/h11H,7-10,13H2,1-6H3. The van der Waals surface area contributed by atoms with E-state index in [9.17, 15) is 0 Å². The highest BCUT2D eigenvalue weighted by molar-refractivity contribution is 6.82. The summed E-state index contributed by atoms with van der Waals surface area (Å²) in [6, 6.07) is 4.00. The zero-order valence-corrected chi connectivity index (χ0v) is 12.0. The van der Waals surface area contributed by atoms with Gasteiger partial charge in [-0.15, -0.1) is 0 Å². The van der Waals surface area contributed by atoms with E-state index in [1.807, 2.05) is 0 Å². The third kappa shape index (κ3) is 2.83. The number of hydrogen-bond acceptors (Lipinski definition) is 1. The lowest BCUT2D eigenvalue weighted by molar-refractivity contribution is 0.457. The summed E-state index contributed by atoms with van der Waals surface area (Å²) in [5.41, 5.74) is 6.59. The van der Waals surface area contributed by atoms with Gasteiger partial charge in [-0.05, 0) is 19.3 Å². The maximum absolute atomic E-state index is 6.59. The average molecular weight is 215 g/mol. The van der Waals surface area contributed by atoms with Crippen molar-refractivity contribution in [2.75, 3.05) is 0 Å². The Kier molecular flexibility index (Phi) is 5.38. The lowest BCUT2D eigenvalue weighted by Gasteiger charge is -2.45. The first-order chi connectivity index (χ1) is 6.35. The van der Waals surface area contributed by atoms with Crippen molar-refractivity contribution in [3.63, 3.8) is 0 Å². The third-order valence-corrected chi connectivity index (χ3v) is 10.8. The molecule has 2 heteroatoms. The molecule has 14 heavy (non-hydrogen) atoms. The van der Waals surface area contributed by atoms with Gasteiger partial charge in [0.1, 0.15) is 0 Å². The second-order valence-corrected chi connectivity index (χ2v) is 11.2. The average Bonchev–Trinajstić information content (AvgIpc) is 2.05. The molecule has 0 aromatic rings. The third-order valence-electron chi connectivity index (χ3n) is 4.07. The molecule has 0 aromatic heterocycles. The molecule has 0 bridgehead atoms. The van der Waals surface area contributed by atoms with Gasteiger partial charge in [0.25, 0.3) is 0 Å². The van der Waals surface area contributed by atoms with Crippen LogP contribution in [0, 0.1) is 5.92 Å². The highest BCUT2D eigenvalue weighted by atomic mass is 28.3. The van der Waals surface area contributed by atoms with Gasteiger partial charge in [-0.25, -0.2) is 0 Å². The van der Waals surface area contributed by atoms with Gasteiger partial charge in [0.2, 0.25) is 0 Å². The van der Waals surface area contributed by atoms with Crippen molar-refractivity contribution in [1.82, 2.24) is 0 Å². The number of hydrogen-bond donors (Lipinski definition) is 1. The van der Waals surface area contributed by atoms with Crippen LogP contribution in [0.15, 0.2) is 0 Å². The molecule has 0 radical (unpaired) electrons. The molecule has 0 rings (SSSR count). The van der Waals surface area contributed by atoms with E-state index >= 15 is 0 Å². The summed E-state index contributed by atoms with van der Waals surface area (Å²) in [7, 11) is -1.23. The Labute approximate surface area is 91.5 Å². The number of rotatable bonds is 6. The first-order valence-electron chi connectivity index (χ1n) is 6.14. The SMILES string of the molecule is CC[Si](CC)(CC)C(C)(N)CC(C)C. The highest BCUT2D eigenvalue weighted by Gasteiger charge is 2.43. The molecule has 1 unspecified atom stereocenters. The van der Waals surface area contributed by atoms with Crippen LogP contribution in [0.3, 0.4) is 0 Å². The van der Waals surface area contributed by atoms with Gasteiger partial charge >= 0.3 is 0 Å². The molecular weight excluding hydrogens is 186 g/mol. The molecule has 1 atom stereocenters. The summed E-state index contributed by atoms with van der Waals surface area (Å²) in [4.78, 5) is 0. The Bertz CT molecular complexity index is 151. The molecule has 0 heterocycles. The fourth-order valence-corrected chi connectivity index (χ4v) is 7.79. The van der Waals surface area contributed by atoms with Crippen LogP contribution in [-0.4, -0.2) is 13.2 Å². The first kappa shape index (κ1) is 14.2. The van der Waals surface area contributed by atoms with Crippen molar-refractivity contribution >= 4 is 8.07 Å². The molecule has 1 nitrogen and oxygen atoms in total. The lowest BCUT2D eigenvalue weighted by Crippen LogP contribution is -2.62. The molecular formula is C12H29NSi. The summed E-state index contributed by atoms with van der Waals surface area (Å²) < 4.78 is 0. The van der Waals surface area contributed by atoms with Gasteiger partial charge in [-0.2, -0.15) is 0 Å². The van der Waals surface area contributed by atoms with Crippen molar-refractivity contribution < 1.29 is 0 Å². The Morgan fingerprint density at radius 3 is 1.64 bits per heavy atom. The van der Waals surface area contributed by atoms with Crippen molar-refractivity contribution in [3.8, 4) is 0 Å². The quantitative estimate of drug-likeness (QED) is 0.670. The van der Waals surface area contributed by atoms with E-state index in [0.717, 1.165) is 5.92 Å². The molecule has 0 aromatic carbocycles. The smallest absolute Gasteiger partial charge is 0.0751 e. The summed E-state index contributed by atoms with van der Waals surface area (Å²) in [6.45, 7) is 13.9. The van der Waals surface area contributed by atoms with Crippen LogP contribution in [0.25, 0.3) is 0 Å². The summed E-state index contributed by atoms with van der Waals surface area (Å²) in [5.74, 6) is 0.724. The lowest BCUT2D eigenvalue weighted by atomic mass is 10.1. The largest absolute Gasteiger partial charge is 0.328 e. The Morgan fingerprint density at radius 1 is 1.07 bits per heavy atom. The zero-order valence-electron chi connectivity index (χ0n) is 11.0. The molecule has 86 valence electrons. The molecule has 0 spiro atoms. The normalized spacial score (nSPS) is 17.1. The first-order valence-corrected chi connectivity index (χ1v) is 8.76. The fraction of sp³-hybridized carbons (Fsp3) is 1.00. The monoisotopic (exact) mass is 215 g/mol. The molecule has 0 aliphatic heterocycles. The molecule has 0 saturated carbocycles. The van der Waals surface area contributed by atoms with Crippen molar-refractivity contribution in [2.24, 2.45) is 11.7 Å². The summed E-state index contributed by atoms with van der Waals surface area (Å²) in [6.07, 6.45) is 1.19. The van der Waals surface area contributed by atoms with E-state index in [4.69, 9.17) is 5.73 Å². The van der Waals surface area contributed by atoms with E-state index in [2.05, 4.69) is 41.5 Å². The maximum atomic E-state index is 6.59. The van der Waals surface area contributed by atoms with Crippen LogP contribution in [-0.2, 0) is 0 Å². The molecule has 2 N–H and O–H groups in total. The van der Waals surface area contributed by atoms with Crippen LogP contribution < -0.4 is 5.73 Å². The minimum atomic E-state index is -1.23. The van der Waals surface area contributed by atoms with E-state index in [0.29, 0.717) is 0 Å². The highest BCUT2D eigenvalue weighted by Crippen LogP contribution is 2.34. The van der Waals surface area contributed by atoms with Crippen molar-refractivity contribution in [3.05, 3.63) is 0 Å². The zero-order chi connectivity index (χ0) is 11.4. The second kappa shape index (κ2) is 5.31. The van der Waals surface area contributed by atoms with E-state index < -0.39 is 8.07 Å². The number of nitrogens with two attached hydrogens (primary N) is 1. The van der Waals surface area contributed by atoms with E-state index in [-0.39, 0.29) is 5.16 Å². The van der Waals surface area contributed by atoms with Gasteiger partial charge in [0, 0.05) is 5.16 Å². The molecule has 0 saturated heterocycles. The van der Waals surface area contributed by atoms with Crippen LogP contribution in [0.2, 0.25) is 18.1 Å². The van der Waals surface area contributed by atoms with Gasteiger partial charge in [0.05, 0.1) is 8.07 Å². The predicted octanol–water partition coefficient (Wildman–Crippen LogP) is 3.80. The minimum Gasteiger partial charge on any atom is -0.328 e. The summed E-state index contributed by atoms with van der Waals surface area (Å²) >= 11 is 0. The second-order valence-electron chi connectivity index (χ2n) is 5.36. The molecule has 0 aliphatic carbocycles. The topological polar surface area (TPSA) is 26.0 Å². The Hall–Kier alpha value is 0.177. The molecule has 0 fully saturated rings. The van der Waals surface area contributed by atoms with E-state index in [1.54, 1.807) is 0 Å².